The van der Waals surface area contributed by atoms with E-state index in [2.05, 4.69) is 5.32 Å². The second kappa shape index (κ2) is 5.75. The van der Waals surface area contributed by atoms with Gasteiger partial charge in [0.05, 0.1) is 0 Å². The van der Waals surface area contributed by atoms with Gasteiger partial charge in [-0.05, 0) is 18.6 Å². The Morgan fingerprint density at radius 3 is 2.65 bits per heavy atom. The molecule has 1 aromatic carbocycles. The molecule has 1 aromatic heterocycles. The summed E-state index contributed by atoms with van der Waals surface area (Å²) in [6.07, 6.45) is 1.75. The molecule has 0 fully saturated rings. The molecule has 2 aromatic rings. The highest BCUT2D eigenvalue weighted by Crippen LogP contribution is 2.21. The SMILES string of the molecule is CC(NCc1cn(CC(=O)O)c2ccccc12)C(=O)O. The Balaban J connectivity index is 2.29. The number of rotatable bonds is 6. The molecule has 0 aliphatic rings. The van der Waals surface area contributed by atoms with Gasteiger partial charge in [-0.25, -0.2) is 0 Å². The van der Waals surface area contributed by atoms with Gasteiger partial charge in [0.25, 0.3) is 0 Å². The van der Waals surface area contributed by atoms with Crippen LogP contribution in [-0.4, -0.2) is 32.8 Å². The molecule has 0 aliphatic heterocycles. The van der Waals surface area contributed by atoms with Crippen LogP contribution in [0.3, 0.4) is 0 Å². The fourth-order valence-electron chi connectivity index (χ4n) is 2.09. The van der Waals surface area contributed by atoms with E-state index in [9.17, 15) is 9.59 Å². The van der Waals surface area contributed by atoms with Crippen molar-refractivity contribution in [2.45, 2.75) is 26.1 Å². The average Bonchev–Trinajstić information content (AvgIpc) is 2.74. The Morgan fingerprint density at radius 2 is 2.00 bits per heavy atom. The van der Waals surface area contributed by atoms with Gasteiger partial charge in [-0.3, -0.25) is 9.59 Å². The van der Waals surface area contributed by atoms with Crippen molar-refractivity contribution < 1.29 is 19.8 Å². The Labute approximate surface area is 115 Å². The molecule has 1 heterocycles. The van der Waals surface area contributed by atoms with Gasteiger partial charge in [-0.15, -0.1) is 0 Å². The van der Waals surface area contributed by atoms with E-state index in [4.69, 9.17) is 10.2 Å². The molecule has 0 aliphatic carbocycles. The van der Waals surface area contributed by atoms with E-state index in [0.29, 0.717) is 6.54 Å². The van der Waals surface area contributed by atoms with Crippen molar-refractivity contribution in [1.82, 2.24) is 9.88 Å². The lowest BCUT2D eigenvalue weighted by Crippen LogP contribution is -2.33. The molecule has 2 rings (SSSR count). The second-order valence-corrected chi connectivity index (χ2v) is 4.63. The number of nitrogens with one attached hydrogen (secondary N) is 1. The normalized spacial score (nSPS) is 12.4. The fraction of sp³-hybridized carbons (Fsp3) is 0.286. The molecule has 0 saturated heterocycles. The van der Waals surface area contributed by atoms with Crippen molar-refractivity contribution in [2.24, 2.45) is 0 Å². The first-order valence-electron chi connectivity index (χ1n) is 6.23. The number of para-hydroxylation sites is 1. The number of aliphatic carboxylic acids is 2. The van der Waals surface area contributed by atoms with Crippen LogP contribution in [0, 0.1) is 0 Å². The number of carboxylic acids is 2. The lowest BCUT2D eigenvalue weighted by molar-refractivity contribution is -0.139. The lowest BCUT2D eigenvalue weighted by atomic mass is 10.1. The number of carbonyl (C=O) groups is 2. The van der Waals surface area contributed by atoms with E-state index < -0.39 is 18.0 Å². The highest BCUT2D eigenvalue weighted by molar-refractivity contribution is 5.85. The summed E-state index contributed by atoms with van der Waals surface area (Å²) in [7, 11) is 0. The summed E-state index contributed by atoms with van der Waals surface area (Å²) in [5, 5.41) is 21.6. The maximum atomic E-state index is 10.9. The van der Waals surface area contributed by atoms with E-state index in [0.717, 1.165) is 16.5 Å². The van der Waals surface area contributed by atoms with Gasteiger partial charge >= 0.3 is 11.9 Å². The Morgan fingerprint density at radius 1 is 1.30 bits per heavy atom. The van der Waals surface area contributed by atoms with Crippen LogP contribution in [0.5, 0.6) is 0 Å². The number of aromatic nitrogens is 1. The lowest BCUT2D eigenvalue weighted by Gasteiger charge is -2.07. The monoisotopic (exact) mass is 276 g/mol. The number of hydrogen-bond donors (Lipinski definition) is 3. The van der Waals surface area contributed by atoms with Gasteiger partial charge in [0.1, 0.15) is 12.6 Å². The van der Waals surface area contributed by atoms with Crippen LogP contribution in [0.1, 0.15) is 12.5 Å². The molecule has 0 spiro atoms. The Hall–Kier alpha value is -2.34. The minimum atomic E-state index is -0.917. The maximum absolute atomic E-state index is 10.9. The minimum Gasteiger partial charge on any atom is -0.480 e. The van der Waals surface area contributed by atoms with E-state index in [1.165, 1.54) is 0 Å². The molecule has 1 unspecified atom stereocenters. The minimum absolute atomic E-state index is 0.116. The summed E-state index contributed by atoms with van der Waals surface area (Å²) >= 11 is 0. The first kappa shape index (κ1) is 14.1. The van der Waals surface area contributed by atoms with E-state index in [1.54, 1.807) is 17.7 Å². The predicted octanol–water partition coefficient (Wildman–Crippen LogP) is 1.29. The van der Waals surface area contributed by atoms with Crippen LogP contribution < -0.4 is 5.32 Å². The molecule has 0 amide bonds. The van der Waals surface area contributed by atoms with Crippen molar-refractivity contribution in [1.29, 1.82) is 0 Å². The Kier molecular flexibility index (Phi) is 4.05. The van der Waals surface area contributed by atoms with Gasteiger partial charge in [0.2, 0.25) is 0 Å². The van der Waals surface area contributed by atoms with Crippen LogP contribution in [0.25, 0.3) is 10.9 Å². The predicted molar refractivity (Wildman–Crippen MR) is 73.5 cm³/mol. The summed E-state index contributed by atoms with van der Waals surface area (Å²) in [5.74, 6) is -1.83. The highest BCUT2D eigenvalue weighted by atomic mass is 16.4. The van der Waals surface area contributed by atoms with E-state index >= 15 is 0 Å². The van der Waals surface area contributed by atoms with Gasteiger partial charge in [-0.1, -0.05) is 18.2 Å². The second-order valence-electron chi connectivity index (χ2n) is 4.63. The molecule has 0 bridgehead atoms. The number of carboxylic acid groups (broad SMARTS) is 2. The molecule has 0 radical (unpaired) electrons. The summed E-state index contributed by atoms with van der Waals surface area (Å²) < 4.78 is 1.65. The Bertz CT molecular complexity index is 648. The summed E-state index contributed by atoms with van der Waals surface area (Å²) in [5.41, 5.74) is 1.71. The van der Waals surface area contributed by atoms with Crippen molar-refractivity contribution in [3.63, 3.8) is 0 Å². The van der Waals surface area contributed by atoms with Crippen molar-refractivity contribution in [3.8, 4) is 0 Å². The maximum Gasteiger partial charge on any atom is 0.323 e. The standard InChI is InChI=1S/C14H16N2O4/c1-9(14(19)20)15-6-10-7-16(8-13(17)18)12-5-3-2-4-11(10)12/h2-5,7,9,15H,6,8H2,1H3,(H,17,18)(H,19,20). The number of benzene rings is 1. The summed E-state index contributed by atoms with van der Waals surface area (Å²) in [4.78, 5) is 21.7. The van der Waals surface area contributed by atoms with E-state index in [1.807, 2.05) is 24.3 Å². The third kappa shape index (κ3) is 2.97. The fourth-order valence-corrected chi connectivity index (χ4v) is 2.09. The van der Waals surface area contributed by atoms with Gasteiger partial charge in [-0.2, -0.15) is 0 Å². The van der Waals surface area contributed by atoms with Gasteiger partial charge < -0.3 is 20.1 Å². The largest absolute Gasteiger partial charge is 0.480 e. The molecule has 1 atom stereocenters. The van der Waals surface area contributed by atoms with Crippen LogP contribution in [-0.2, 0) is 22.7 Å². The van der Waals surface area contributed by atoms with Crippen molar-refractivity contribution >= 4 is 22.8 Å². The molecule has 20 heavy (non-hydrogen) atoms. The average molecular weight is 276 g/mol. The molecule has 6 heteroatoms. The smallest absolute Gasteiger partial charge is 0.323 e. The number of fused-ring (bicyclic) bond motifs is 1. The summed E-state index contributed by atoms with van der Waals surface area (Å²) in [6, 6.07) is 6.81. The van der Waals surface area contributed by atoms with Crippen LogP contribution >= 0.6 is 0 Å². The van der Waals surface area contributed by atoms with Crippen LogP contribution in [0.4, 0.5) is 0 Å². The first-order valence-corrected chi connectivity index (χ1v) is 6.23. The van der Waals surface area contributed by atoms with Crippen LogP contribution in [0.15, 0.2) is 30.5 Å². The van der Waals surface area contributed by atoms with Crippen LogP contribution in [0.2, 0.25) is 0 Å². The highest BCUT2D eigenvalue weighted by Gasteiger charge is 2.13. The molecule has 3 N–H and O–H groups in total. The van der Waals surface area contributed by atoms with Crippen molar-refractivity contribution in [2.75, 3.05) is 0 Å². The third-order valence-electron chi connectivity index (χ3n) is 3.15. The quantitative estimate of drug-likeness (QED) is 0.739. The molecule has 106 valence electrons. The molecular weight excluding hydrogens is 260 g/mol. The zero-order valence-corrected chi connectivity index (χ0v) is 11.0. The van der Waals surface area contributed by atoms with Crippen molar-refractivity contribution in [3.05, 3.63) is 36.0 Å². The number of hydrogen-bond acceptors (Lipinski definition) is 3. The first-order chi connectivity index (χ1) is 9.49. The van der Waals surface area contributed by atoms with E-state index in [-0.39, 0.29) is 6.54 Å². The molecule has 0 saturated carbocycles. The molecular formula is C14H16N2O4. The van der Waals surface area contributed by atoms with Gasteiger partial charge in [0.15, 0.2) is 0 Å². The summed E-state index contributed by atoms with van der Waals surface area (Å²) in [6.45, 7) is 1.83. The number of nitrogens with zero attached hydrogens (tertiary/aromatic N) is 1. The topological polar surface area (TPSA) is 91.6 Å². The zero-order chi connectivity index (χ0) is 14.7. The molecule has 6 nitrogen and oxygen atoms in total. The third-order valence-corrected chi connectivity index (χ3v) is 3.15. The zero-order valence-electron chi connectivity index (χ0n) is 11.0. The van der Waals surface area contributed by atoms with Gasteiger partial charge in [0, 0.05) is 23.6 Å².